The molecule has 4 aromatic rings. The van der Waals surface area contributed by atoms with Crippen LogP contribution in [0.1, 0.15) is 75.3 Å². The van der Waals surface area contributed by atoms with E-state index in [0.717, 1.165) is 73.9 Å². The van der Waals surface area contributed by atoms with Crippen molar-refractivity contribution in [3.63, 3.8) is 0 Å². The molecule has 57 heavy (non-hydrogen) atoms. The van der Waals surface area contributed by atoms with Crippen LogP contribution in [0.3, 0.4) is 0 Å². The van der Waals surface area contributed by atoms with E-state index in [9.17, 15) is 0 Å². The number of hydrogen-bond acceptors (Lipinski definition) is 2. The van der Waals surface area contributed by atoms with Crippen molar-refractivity contribution in [1.82, 2.24) is 0 Å². The predicted molar refractivity (Wildman–Crippen MR) is 226 cm³/mol. The molecule has 0 saturated heterocycles. The molecule has 0 aliphatic heterocycles. The molecule has 296 valence electrons. The van der Waals surface area contributed by atoms with Crippen molar-refractivity contribution >= 4 is 30.5 Å². The van der Waals surface area contributed by atoms with Crippen molar-refractivity contribution < 1.29 is 34.2 Å². The summed E-state index contributed by atoms with van der Waals surface area (Å²) in [6.45, 7) is 5.18. The fourth-order valence-electron chi connectivity index (χ4n) is 10.1. The van der Waals surface area contributed by atoms with Crippen molar-refractivity contribution in [2.24, 2.45) is 11.8 Å². The first kappa shape index (κ1) is 39.7. The minimum atomic E-state index is -5.07. The van der Waals surface area contributed by atoms with Crippen LogP contribution < -0.4 is 17.5 Å². The molecule has 0 atom stereocenters. The van der Waals surface area contributed by atoms with Gasteiger partial charge in [-0.3, -0.25) is 0 Å². The van der Waals surface area contributed by atoms with Crippen LogP contribution in [0.5, 0.6) is 0 Å². The first-order chi connectivity index (χ1) is 27.8. The molecule has 7 heteroatoms. The molecule has 0 amide bonds. The summed E-state index contributed by atoms with van der Waals surface area (Å²) in [5.74, 6) is -2.25. The van der Waals surface area contributed by atoms with Gasteiger partial charge in [0, 0.05) is 0 Å². The predicted octanol–water partition coefficient (Wildman–Crippen LogP) is 13.2. The van der Waals surface area contributed by atoms with Crippen molar-refractivity contribution in [2.75, 3.05) is 22.9 Å². The summed E-state index contributed by atoms with van der Waals surface area (Å²) in [7, 11) is 0. The molecule has 2 fully saturated rings. The number of nitrogens with zero attached hydrogens (tertiary/aromatic N) is 2. The Kier molecular flexibility index (Phi) is 12.1. The van der Waals surface area contributed by atoms with Gasteiger partial charge in [-0.25, -0.2) is 0 Å². The van der Waals surface area contributed by atoms with E-state index in [1.165, 1.54) is 37.1 Å². The minimum absolute atomic E-state index is 0.139. The van der Waals surface area contributed by atoms with Gasteiger partial charge >= 0.3 is 342 Å². The summed E-state index contributed by atoms with van der Waals surface area (Å²) in [6, 6.07) is 21.8. The Morgan fingerprint density at radius 2 is 0.825 bits per heavy atom. The number of aryl methyl sites for hydroxylation is 2. The zero-order chi connectivity index (χ0) is 39.5. The number of benzene rings is 4. The third kappa shape index (κ3) is 7.89. The van der Waals surface area contributed by atoms with E-state index in [0.29, 0.717) is 24.9 Å². The number of allylic oxidation sites excluding steroid dienone is 8. The van der Waals surface area contributed by atoms with Crippen molar-refractivity contribution in [1.29, 1.82) is 0 Å². The van der Waals surface area contributed by atoms with Crippen LogP contribution in [0.25, 0.3) is 0 Å². The zero-order valence-corrected chi connectivity index (χ0v) is 34.8. The topological polar surface area (TPSA) is 6.48 Å². The molecule has 0 bridgehead atoms. The number of rotatable bonds is 12. The maximum absolute atomic E-state index is 18.3. The van der Waals surface area contributed by atoms with Crippen molar-refractivity contribution in [3.8, 4) is 0 Å². The first-order valence-corrected chi connectivity index (χ1v) is 24.5. The van der Waals surface area contributed by atoms with E-state index in [2.05, 4.69) is 0 Å². The third-order valence-electron chi connectivity index (χ3n) is 13.1. The Bertz CT molecular complexity index is 1980. The van der Waals surface area contributed by atoms with E-state index in [-0.39, 0.29) is 19.1 Å². The van der Waals surface area contributed by atoms with Gasteiger partial charge in [-0.05, 0) is 0 Å². The Morgan fingerprint density at radius 3 is 1.18 bits per heavy atom. The second kappa shape index (κ2) is 17.4. The monoisotopic (exact) mass is 806 g/mol. The second-order valence-electron chi connectivity index (χ2n) is 16.9. The van der Waals surface area contributed by atoms with Gasteiger partial charge in [-0.2, -0.15) is 0 Å². The first-order valence-electron chi connectivity index (χ1n) is 21.1. The average molecular weight is 807 g/mol. The summed E-state index contributed by atoms with van der Waals surface area (Å²) < 4.78 is 69.8. The van der Waals surface area contributed by atoms with Gasteiger partial charge < -0.3 is 0 Å². The van der Waals surface area contributed by atoms with Gasteiger partial charge in [0.05, 0.1) is 0 Å². The fraction of sp³-hybridized carbons (Fsp3) is 0.360. The third-order valence-corrected chi connectivity index (χ3v) is 21.6. The maximum atomic E-state index is 18.3. The van der Waals surface area contributed by atoms with Gasteiger partial charge in [0.25, 0.3) is 0 Å². The van der Waals surface area contributed by atoms with Crippen LogP contribution in [0.15, 0.2) is 121 Å². The molecule has 0 unspecified atom stereocenters. The SMILES string of the molecule is Cc1ccc(N(CC2CCCCC2)c2ccc(F)[c]([Ti]([c]3c(F)ccc(N(CC4CCCCC4)c4ccc(C)cc4)c3F)([CH]3C=CC=C3)[CH]3C=CC=C3)c2F)cc1. The molecule has 4 aliphatic carbocycles. The van der Waals surface area contributed by atoms with Crippen LogP contribution in [0, 0.1) is 49.0 Å². The molecule has 0 spiro atoms. The van der Waals surface area contributed by atoms with Gasteiger partial charge in [0.15, 0.2) is 0 Å². The standard InChI is InChI=1S/2C20H22F2N.2C5H5.Ti/c2*1-15-7-10-18(11-8-15)23(14-16-5-3-2-4-6-16)20-12-9-17(21)13-19(20)22;2*1-2-4-5-3-1;/h2*7-12,16H,2-6,14H2,1H3;2*1-5H;. The van der Waals surface area contributed by atoms with Crippen LogP contribution in [-0.2, 0) is 16.6 Å². The van der Waals surface area contributed by atoms with Crippen LogP contribution in [0.2, 0.25) is 8.45 Å². The summed E-state index contributed by atoms with van der Waals surface area (Å²) in [5.41, 5.74) is 4.31. The van der Waals surface area contributed by atoms with Gasteiger partial charge in [0.1, 0.15) is 0 Å². The molecule has 2 nitrogen and oxygen atoms in total. The molecular formula is C50H54F4N2Ti. The molecule has 4 aromatic carbocycles. The molecule has 2 saturated carbocycles. The Morgan fingerprint density at radius 1 is 0.474 bits per heavy atom. The van der Waals surface area contributed by atoms with Gasteiger partial charge in [-0.1, -0.05) is 0 Å². The number of anilines is 4. The van der Waals surface area contributed by atoms with Crippen LogP contribution in [0.4, 0.5) is 40.3 Å². The quantitative estimate of drug-likeness (QED) is 0.104. The zero-order valence-electron chi connectivity index (χ0n) is 33.2. The number of hydrogen-bond donors (Lipinski definition) is 0. The molecule has 0 radical (unpaired) electrons. The molecule has 0 N–H and O–H groups in total. The van der Waals surface area contributed by atoms with Gasteiger partial charge in [-0.15, -0.1) is 0 Å². The summed E-state index contributed by atoms with van der Waals surface area (Å²) >= 11 is -5.07. The average Bonchev–Trinajstić information content (AvgIpc) is 3.97. The Hall–Kier alpha value is -4.13. The molecular weight excluding hydrogens is 752 g/mol. The number of halogens is 4. The van der Waals surface area contributed by atoms with Crippen LogP contribution >= 0.6 is 0 Å². The Labute approximate surface area is 340 Å². The van der Waals surface area contributed by atoms with E-state index in [1.54, 1.807) is 0 Å². The van der Waals surface area contributed by atoms with Crippen LogP contribution in [-0.4, -0.2) is 13.1 Å². The molecule has 0 heterocycles. The van der Waals surface area contributed by atoms with Crippen molar-refractivity contribution in [2.45, 2.75) is 86.5 Å². The van der Waals surface area contributed by atoms with E-state index in [1.807, 2.05) is 121 Å². The fourth-order valence-corrected chi connectivity index (χ4v) is 18.9. The normalized spacial score (nSPS) is 17.9. The summed E-state index contributed by atoms with van der Waals surface area (Å²) in [4.78, 5) is 3.99. The van der Waals surface area contributed by atoms with E-state index >= 15 is 17.6 Å². The van der Waals surface area contributed by atoms with Crippen molar-refractivity contribution in [3.05, 3.63) is 156 Å². The molecule has 8 rings (SSSR count). The molecule has 0 aromatic heterocycles. The van der Waals surface area contributed by atoms with Gasteiger partial charge in [0.2, 0.25) is 0 Å². The molecule has 4 aliphatic rings. The van der Waals surface area contributed by atoms with E-state index in [4.69, 9.17) is 0 Å². The van der Waals surface area contributed by atoms with E-state index < -0.39 is 48.3 Å². The second-order valence-corrected chi connectivity index (χ2v) is 23.2. The Balaban J connectivity index is 1.37. The summed E-state index contributed by atoms with van der Waals surface area (Å²) in [6.07, 6.45) is 26.1. The summed E-state index contributed by atoms with van der Waals surface area (Å²) in [5, 5.41) is 0.